The zero-order chi connectivity index (χ0) is 26.5. The minimum atomic E-state index is -1.65. The first-order chi connectivity index (χ1) is 16.8. The number of nitrogens with one attached hydrogen (secondary N) is 6. The first-order valence-corrected chi connectivity index (χ1v) is 9.88. The number of carbonyl (C=O) groups excluding carboxylic acids is 5. The Morgan fingerprint density at radius 1 is 0.611 bits per heavy atom. The molecule has 5 amide bonds. The van der Waals surface area contributed by atoms with Gasteiger partial charge in [-0.15, -0.1) is 0 Å². The van der Waals surface area contributed by atoms with Crippen molar-refractivity contribution in [1.82, 2.24) is 31.9 Å². The molecule has 0 aromatic rings. The third-order valence-electron chi connectivity index (χ3n) is 3.58. The van der Waals surface area contributed by atoms with Crippen LogP contribution in [0.25, 0.3) is 0 Å². The lowest BCUT2D eigenvalue weighted by Crippen LogP contribution is -2.57. The van der Waals surface area contributed by atoms with Gasteiger partial charge >= 0.3 is 18.3 Å². The van der Waals surface area contributed by atoms with E-state index < -0.39 is 69.6 Å². The van der Waals surface area contributed by atoms with Crippen molar-refractivity contribution >= 4 is 30.1 Å². The number of carbonyl (C=O) groups is 5. The molecule has 1 atom stereocenters. The molecule has 0 rings (SSSR count). The summed E-state index contributed by atoms with van der Waals surface area (Å²) in [6, 6.07) is 0. The van der Waals surface area contributed by atoms with E-state index in [0.717, 1.165) is 0 Å². The van der Waals surface area contributed by atoms with E-state index in [1.807, 2.05) is 10.6 Å². The van der Waals surface area contributed by atoms with Crippen LogP contribution in [0.3, 0.4) is 0 Å². The standard InChI is InChI=1S/C16H30N6O13.H2O/c23-6-32-5-19-10(20-14(29)33-7-24)12(27)17-3-1-2-4-18-13(28)11(21-15(30)34-8-25)22-16(31)35-9-26;/h10-11,19,23-26H,1-9H2,(H,17,27)(H,18,28)(H,20,29)(H,21,30)(H,22,31);1H2. The van der Waals surface area contributed by atoms with E-state index in [1.165, 1.54) is 0 Å². The van der Waals surface area contributed by atoms with E-state index in [4.69, 9.17) is 20.4 Å². The summed E-state index contributed by atoms with van der Waals surface area (Å²) in [5.41, 5.74) is 0. The normalized spacial score (nSPS) is 10.8. The number of hydrogen-bond donors (Lipinski definition) is 10. The van der Waals surface area contributed by atoms with Gasteiger partial charge in [-0.25, -0.2) is 14.4 Å². The molecule has 20 heteroatoms. The van der Waals surface area contributed by atoms with Gasteiger partial charge in [0, 0.05) is 13.1 Å². The summed E-state index contributed by atoms with van der Waals surface area (Å²) < 4.78 is 17.3. The van der Waals surface area contributed by atoms with Crippen LogP contribution in [0.15, 0.2) is 0 Å². The van der Waals surface area contributed by atoms with E-state index in [0.29, 0.717) is 12.8 Å². The smallest absolute Gasteiger partial charge is 0.411 e. The summed E-state index contributed by atoms with van der Waals surface area (Å²) in [4.78, 5) is 58.5. The number of unbranched alkanes of at least 4 members (excludes halogenated alkanes) is 1. The number of aliphatic hydroxyl groups excluding tert-OH is 4. The molecule has 0 fully saturated rings. The second-order valence-electron chi connectivity index (χ2n) is 5.95. The summed E-state index contributed by atoms with van der Waals surface area (Å²) in [6.45, 7) is -3.63. The van der Waals surface area contributed by atoms with Gasteiger partial charge in [0.15, 0.2) is 32.7 Å². The molecule has 0 radical (unpaired) electrons. The molecule has 0 bridgehead atoms. The molecule has 0 saturated carbocycles. The molecular formula is C16H32N6O14. The molecule has 0 spiro atoms. The number of ether oxygens (including phenoxy) is 4. The molecule has 36 heavy (non-hydrogen) atoms. The Kier molecular flexibility index (Phi) is 21.1. The highest BCUT2D eigenvalue weighted by molar-refractivity contribution is 5.88. The van der Waals surface area contributed by atoms with Gasteiger partial charge in [-0.05, 0) is 12.8 Å². The number of hydrogen-bond acceptors (Lipinski definition) is 14. The lowest BCUT2D eigenvalue weighted by atomic mass is 10.3. The summed E-state index contributed by atoms with van der Waals surface area (Å²) in [6.07, 6.45) is -5.81. The van der Waals surface area contributed by atoms with Gasteiger partial charge < -0.3 is 55.5 Å². The fraction of sp³-hybridized carbons (Fsp3) is 0.688. The van der Waals surface area contributed by atoms with Gasteiger partial charge in [-0.3, -0.25) is 30.9 Å². The third-order valence-corrected chi connectivity index (χ3v) is 3.58. The highest BCUT2D eigenvalue weighted by Gasteiger charge is 2.24. The third kappa shape index (κ3) is 17.0. The van der Waals surface area contributed by atoms with E-state index >= 15 is 0 Å². The monoisotopic (exact) mass is 532 g/mol. The average molecular weight is 532 g/mol. The topological polar surface area (TPSA) is 307 Å². The van der Waals surface area contributed by atoms with E-state index in [-0.39, 0.29) is 25.3 Å². The van der Waals surface area contributed by atoms with Gasteiger partial charge in [-0.1, -0.05) is 0 Å². The molecule has 0 heterocycles. The van der Waals surface area contributed by atoms with E-state index in [2.05, 4.69) is 40.2 Å². The van der Waals surface area contributed by atoms with Crippen molar-refractivity contribution in [3.63, 3.8) is 0 Å². The molecule has 0 aliphatic heterocycles. The predicted molar refractivity (Wildman–Crippen MR) is 113 cm³/mol. The molecule has 0 aliphatic carbocycles. The van der Waals surface area contributed by atoms with E-state index in [1.54, 1.807) is 0 Å². The maximum absolute atomic E-state index is 12.2. The van der Waals surface area contributed by atoms with Crippen LogP contribution >= 0.6 is 0 Å². The molecule has 12 N–H and O–H groups in total. The Labute approximate surface area is 203 Å². The SMILES string of the molecule is O.O=C(NC(NCOCO)C(=O)NCCCCNC(=O)C(NC(=O)OCO)NC(=O)OCO)OCO. The predicted octanol–water partition coefficient (Wildman–Crippen LogP) is -5.63. The van der Waals surface area contributed by atoms with Crippen molar-refractivity contribution in [2.75, 3.05) is 47.0 Å². The lowest BCUT2D eigenvalue weighted by molar-refractivity contribution is -0.125. The summed E-state index contributed by atoms with van der Waals surface area (Å²) in [5.74, 6) is -1.57. The molecule has 20 nitrogen and oxygen atoms in total. The number of alkyl carbamates (subject to hydrolysis) is 3. The molecule has 1 unspecified atom stereocenters. The maximum Gasteiger partial charge on any atom is 0.411 e. The van der Waals surface area contributed by atoms with Gasteiger partial charge in [0.2, 0.25) is 0 Å². The van der Waals surface area contributed by atoms with Gasteiger partial charge in [0.1, 0.15) is 13.5 Å². The Bertz CT molecular complexity index is 649. The Morgan fingerprint density at radius 3 is 1.39 bits per heavy atom. The van der Waals surface area contributed by atoms with Crippen molar-refractivity contribution in [1.29, 1.82) is 0 Å². The minimum Gasteiger partial charge on any atom is -0.423 e. The quantitative estimate of drug-likeness (QED) is 0.0474. The van der Waals surface area contributed by atoms with Crippen molar-refractivity contribution in [3.8, 4) is 0 Å². The number of aliphatic hydroxyl groups is 4. The molecule has 0 aliphatic rings. The molecule has 0 saturated heterocycles. The highest BCUT2D eigenvalue weighted by atomic mass is 16.6. The second kappa shape index (κ2) is 22.0. The van der Waals surface area contributed by atoms with Gasteiger partial charge in [0.25, 0.3) is 11.8 Å². The fourth-order valence-electron chi connectivity index (χ4n) is 2.10. The van der Waals surface area contributed by atoms with Crippen LogP contribution in [-0.2, 0) is 28.5 Å². The van der Waals surface area contributed by atoms with Gasteiger partial charge in [-0.2, -0.15) is 0 Å². The highest BCUT2D eigenvalue weighted by Crippen LogP contribution is 1.91. The minimum absolute atomic E-state index is 0. The fourth-order valence-corrected chi connectivity index (χ4v) is 2.10. The first-order valence-electron chi connectivity index (χ1n) is 9.88. The van der Waals surface area contributed by atoms with Crippen LogP contribution in [0, 0.1) is 0 Å². The van der Waals surface area contributed by atoms with Gasteiger partial charge in [0.05, 0.1) is 0 Å². The Balaban J connectivity index is 0. The molecule has 0 aromatic carbocycles. The second-order valence-corrected chi connectivity index (χ2v) is 5.95. The Morgan fingerprint density at radius 2 is 1.00 bits per heavy atom. The number of amides is 5. The molecule has 210 valence electrons. The van der Waals surface area contributed by atoms with Crippen molar-refractivity contribution in [2.45, 2.75) is 25.2 Å². The van der Waals surface area contributed by atoms with Crippen molar-refractivity contribution in [3.05, 3.63) is 0 Å². The van der Waals surface area contributed by atoms with Crippen LogP contribution in [-0.4, -0.2) is 115 Å². The molecule has 0 aromatic heterocycles. The summed E-state index contributed by atoms with van der Waals surface area (Å²) >= 11 is 0. The lowest BCUT2D eigenvalue weighted by Gasteiger charge is -2.19. The van der Waals surface area contributed by atoms with Crippen LogP contribution in [0.5, 0.6) is 0 Å². The average Bonchev–Trinajstić information content (AvgIpc) is 2.80. The maximum atomic E-state index is 12.2. The van der Waals surface area contributed by atoms with Crippen LogP contribution in [0.2, 0.25) is 0 Å². The summed E-state index contributed by atoms with van der Waals surface area (Å²) in [7, 11) is 0. The Hall–Kier alpha value is -3.53. The zero-order valence-corrected chi connectivity index (χ0v) is 19.0. The van der Waals surface area contributed by atoms with Crippen LogP contribution in [0.1, 0.15) is 12.8 Å². The zero-order valence-electron chi connectivity index (χ0n) is 19.0. The van der Waals surface area contributed by atoms with Crippen molar-refractivity contribution < 1.29 is 68.8 Å². The molecular weight excluding hydrogens is 500 g/mol. The number of rotatable bonds is 17. The largest absolute Gasteiger partial charge is 0.423 e. The van der Waals surface area contributed by atoms with Crippen molar-refractivity contribution in [2.24, 2.45) is 0 Å². The van der Waals surface area contributed by atoms with Crippen LogP contribution < -0.4 is 31.9 Å². The first kappa shape index (κ1) is 34.6. The summed E-state index contributed by atoms with van der Waals surface area (Å²) in [5, 5.41) is 47.7. The van der Waals surface area contributed by atoms with E-state index in [9.17, 15) is 24.0 Å². The van der Waals surface area contributed by atoms with Crippen LogP contribution in [0.4, 0.5) is 14.4 Å².